The predicted octanol–water partition coefficient (Wildman–Crippen LogP) is 24.9. The van der Waals surface area contributed by atoms with E-state index < -0.39 is 97.5 Å². The van der Waals surface area contributed by atoms with Gasteiger partial charge in [0.25, 0.3) is 0 Å². The molecule has 102 heavy (non-hydrogen) atoms. The van der Waals surface area contributed by atoms with E-state index in [2.05, 4.69) is 48.5 Å². The first-order valence-electron chi connectivity index (χ1n) is 42.9. The summed E-state index contributed by atoms with van der Waals surface area (Å²) in [5, 5.41) is 10.7. The predicted molar refractivity (Wildman–Crippen MR) is 418 cm³/mol. The molecule has 0 saturated carbocycles. The molecule has 0 rings (SSSR count). The van der Waals surface area contributed by atoms with E-state index in [9.17, 15) is 43.2 Å². The van der Waals surface area contributed by atoms with Gasteiger partial charge < -0.3 is 33.8 Å². The zero-order valence-electron chi connectivity index (χ0n) is 67.1. The van der Waals surface area contributed by atoms with Crippen LogP contribution >= 0.6 is 15.6 Å². The molecule has 0 heterocycles. The van der Waals surface area contributed by atoms with Crippen molar-refractivity contribution in [3.63, 3.8) is 0 Å². The van der Waals surface area contributed by atoms with Crippen molar-refractivity contribution < 1.29 is 80.2 Å². The smallest absolute Gasteiger partial charge is 0.462 e. The number of phosphoric acid groups is 2. The fourth-order valence-electron chi connectivity index (χ4n) is 12.8. The monoisotopic (exact) mass is 1490 g/mol. The lowest BCUT2D eigenvalue weighted by Gasteiger charge is -2.21. The Balaban J connectivity index is 5.23. The van der Waals surface area contributed by atoms with Crippen LogP contribution in [-0.2, 0) is 65.4 Å². The number of unbranched alkanes of at least 4 members (excludes halogenated alkanes) is 48. The van der Waals surface area contributed by atoms with Crippen LogP contribution in [0.25, 0.3) is 0 Å². The van der Waals surface area contributed by atoms with Crippen LogP contribution in [0, 0.1) is 17.8 Å². The molecule has 0 aromatic heterocycles. The van der Waals surface area contributed by atoms with Gasteiger partial charge >= 0.3 is 39.5 Å². The fourth-order valence-corrected chi connectivity index (χ4v) is 14.4. The molecule has 6 atom stereocenters. The Labute approximate surface area is 626 Å². The first kappa shape index (κ1) is 100. The standard InChI is InChI=1S/C83H162O17P2/c1-8-10-11-12-13-14-15-16-27-33-38-43-52-59-66-83(88)100-79(71-94-81(86)65-58-51-46-45-49-56-63-76(7)9-2)73-98-102(91,92)96-69-77(84)68-95-101(89,90)97-72-78(70-93-80(85)64-57-50-42-37-32-28-24-23-26-31-36-41-48-55-62-75(5)6)99-82(87)67-60-53-44-39-34-29-22-20-18-17-19-21-25-30-35-40-47-54-61-74(3)4/h74-79,84H,8-73H2,1-7H3,(H,89,90)(H,91,92)/t76?,77-,78-,79-/m1/s1. The first-order chi connectivity index (χ1) is 49.3. The van der Waals surface area contributed by atoms with Crippen LogP contribution in [0.15, 0.2) is 0 Å². The molecule has 0 saturated heterocycles. The second-order valence-corrected chi connectivity index (χ2v) is 34.0. The Hall–Kier alpha value is -1.94. The maximum atomic E-state index is 13.1. The number of hydrogen-bond acceptors (Lipinski definition) is 15. The van der Waals surface area contributed by atoms with Gasteiger partial charge in [0.15, 0.2) is 12.2 Å². The van der Waals surface area contributed by atoms with Gasteiger partial charge in [-0.2, -0.15) is 0 Å². The minimum absolute atomic E-state index is 0.107. The van der Waals surface area contributed by atoms with E-state index in [0.29, 0.717) is 25.7 Å². The zero-order chi connectivity index (χ0) is 75.1. The first-order valence-corrected chi connectivity index (χ1v) is 45.9. The van der Waals surface area contributed by atoms with Gasteiger partial charge in [-0.05, 0) is 43.4 Å². The second kappa shape index (κ2) is 73.2. The highest BCUT2D eigenvalue weighted by atomic mass is 31.2. The van der Waals surface area contributed by atoms with Gasteiger partial charge in [-0.3, -0.25) is 37.3 Å². The number of carbonyl (C=O) groups excluding carboxylic acids is 4. The molecule has 606 valence electrons. The maximum Gasteiger partial charge on any atom is 0.472 e. The summed E-state index contributed by atoms with van der Waals surface area (Å²) in [5.74, 6) is 0.242. The molecule has 0 bridgehead atoms. The third-order valence-electron chi connectivity index (χ3n) is 19.7. The lowest BCUT2D eigenvalue weighted by Crippen LogP contribution is -2.30. The molecule has 0 spiro atoms. The summed E-state index contributed by atoms with van der Waals surface area (Å²) in [5.41, 5.74) is 0. The van der Waals surface area contributed by atoms with E-state index in [4.69, 9.17) is 37.0 Å². The van der Waals surface area contributed by atoms with Gasteiger partial charge in [0.1, 0.15) is 19.3 Å². The molecule has 0 aliphatic carbocycles. The van der Waals surface area contributed by atoms with Gasteiger partial charge in [-0.15, -0.1) is 0 Å². The summed E-state index contributed by atoms with van der Waals surface area (Å²) in [7, 11) is -9.92. The molecular formula is C83H162O17P2. The Kier molecular flexibility index (Phi) is 71.8. The number of carbonyl (C=O) groups is 4. The van der Waals surface area contributed by atoms with Crippen molar-refractivity contribution in [3.05, 3.63) is 0 Å². The summed E-state index contributed by atoms with van der Waals surface area (Å²) in [6.07, 6.45) is 62.5. The van der Waals surface area contributed by atoms with Gasteiger partial charge in [-0.1, -0.05) is 382 Å². The zero-order valence-corrected chi connectivity index (χ0v) is 68.9. The normalized spacial score (nSPS) is 14.2. The van der Waals surface area contributed by atoms with Gasteiger partial charge in [0.2, 0.25) is 0 Å². The highest BCUT2D eigenvalue weighted by molar-refractivity contribution is 7.47. The largest absolute Gasteiger partial charge is 0.472 e. The molecule has 0 aliphatic rings. The highest BCUT2D eigenvalue weighted by Crippen LogP contribution is 2.45. The van der Waals surface area contributed by atoms with Crippen LogP contribution in [0.2, 0.25) is 0 Å². The van der Waals surface area contributed by atoms with Crippen LogP contribution in [0.4, 0.5) is 0 Å². The molecule has 3 N–H and O–H groups in total. The minimum atomic E-state index is -4.96. The van der Waals surface area contributed by atoms with Gasteiger partial charge in [0, 0.05) is 25.7 Å². The molecule has 17 nitrogen and oxygen atoms in total. The molecule has 3 unspecified atom stereocenters. The van der Waals surface area contributed by atoms with Crippen LogP contribution in [0.1, 0.15) is 434 Å². The SMILES string of the molecule is CCCCCCCCCCCCCCCCC(=O)O[C@H](COC(=O)CCCCCCCCC(C)CC)COP(=O)(O)OC[C@H](O)COP(=O)(O)OC[C@@H](COC(=O)CCCCCCCCCCCCCCCCC(C)C)OC(=O)CCCCCCCCCCCCCCCCCCCCC(C)C. The Morgan fingerprint density at radius 3 is 0.745 bits per heavy atom. The molecule has 19 heteroatoms. The Morgan fingerprint density at radius 2 is 0.500 bits per heavy atom. The van der Waals surface area contributed by atoms with Crippen molar-refractivity contribution in [2.45, 2.75) is 452 Å². The van der Waals surface area contributed by atoms with Crippen LogP contribution in [0.5, 0.6) is 0 Å². The summed E-state index contributed by atoms with van der Waals surface area (Å²) < 4.78 is 68.8. The quantitative estimate of drug-likeness (QED) is 0.0222. The van der Waals surface area contributed by atoms with Crippen molar-refractivity contribution in [1.82, 2.24) is 0 Å². The number of esters is 4. The third-order valence-corrected chi connectivity index (χ3v) is 21.6. The maximum absolute atomic E-state index is 13.1. The minimum Gasteiger partial charge on any atom is -0.462 e. The number of aliphatic hydroxyl groups excluding tert-OH is 1. The molecular weight excluding hydrogens is 1330 g/mol. The third kappa shape index (κ3) is 74.9. The van der Waals surface area contributed by atoms with E-state index in [0.717, 1.165) is 114 Å². The van der Waals surface area contributed by atoms with E-state index in [-0.39, 0.29) is 25.7 Å². The van der Waals surface area contributed by atoms with Crippen molar-refractivity contribution in [3.8, 4) is 0 Å². The number of hydrogen-bond donors (Lipinski definition) is 3. The van der Waals surface area contributed by atoms with E-state index in [1.165, 1.54) is 238 Å². The van der Waals surface area contributed by atoms with Crippen molar-refractivity contribution in [2.24, 2.45) is 17.8 Å². The van der Waals surface area contributed by atoms with Gasteiger partial charge in [-0.25, -0.2) is 9.13 Å². The molecule has 0 aromatic carbocycles. The van der Waals surface area contributed by atoms with Crippen molar-refractivity contribution in [2.75, 3.05) is 39.6 Å². The topological polar surface area (TPSA) is 237 Å². The summed E-state index contributed by atoms with van der Waals surface area (Å²) >= 11 is 0. The summed E-state index contributed by atoms with van der Waals surface area (Å²) in [4.78, 5) is 73.1. The number of aliphatic hydroxyl groups is 1. The molecule has 0 fully saturated rings. The van der Waals surface area contributed by atoms with E-state index in [1.807, 2.05) is 0 Å². The summed E-state index contributed by atoms with van der Waals surface area (Å²) in [6.45, 7) is 12.0. The number of rotatable bonds is 81. The molecule has 0 aromatic rings. The Morgan fingerprint density at radius 1 is 0.284 bits per heavy atom. The molecule has 0 aliphatic heterocycles. The van der Waals surface area contributed by atoms with Crippen molar-refractivity contribution in [1.29, 1.82) is 0 Å². The lowest BCUT2D eigenvalue weighted by molar-refractivity contribution is -0.161. The van der Waals surface area contributed by atoms with Crippen LogP contribution < -0.4 is 0 Å². The van der Waals surface area contributed by atoms with E-state index in [1.54, 1.807) is 0 Å². The average Bonchev–Trinajstić information content (AvgIpc) is 0.926. The average molecular weight is 1490 g/mol. The highest BCUT2D eigenvalue weighted by Gasteiger charge is 2.30. The van der Waals surface area contributed by atoms with Crippen molar-refractivity contribution >= 4 is 39.5 Å². The second-order valence-electron chi connectivity index (χ2n) is 31.1. The van der Waals surface area contributed by atoms with E-state index >= 15 is 0 Å². The molecule has 0 amide bonds. The molecule has 0 radical (unpaired) electrons. The van der Waals surface area contributed by atoms with Crippen LogP contribution in [-0.4, -0.2) is 96.7 Å². The lowest BCUT2D eigenvalue weighted by atomic mass is 10.00. The number of phosphoric ester groups is 2. The summed E-state index contributed by atoms with van der Waals surface area (Å²) in [6, 6.07) is 0. The van der Waals surface area contributed by atoms with Gasteiger partial charge in [0.05, 0.1) is 26.4 Å². The Bertz CT molecular complexity index is 1980. The fraction of sp³-hybridized carbons (Fsp3) is 0.952. The number of ether oxygens (including phenoxy) is 4. The van der Waals surface area contributed by atoms with Crippen LogP contribution in [0.3, 0.4) is 0 Å².